The Balaban J connectivity index is 0.000000810. The third kappa shape index (κ3) is 2.70. The van der Waals surface area contributed by atoms with Crippen molar-refractivity contribution in [2.24, 2.45) is 0 Å². The van der Waals surface area contributed by atoms with Crippen LogP contribution in [0.4, 0.5) is 0 Å². The number of benzene rings is 1. The van der Waals surface area contributed by atoms with Crippen LogP contribution in [0.1, 0.15) is 25.3 Å². The second kappa shape index (κ2) is 4.73. The van der Waals surface area contributed by atoms with Gasteiger partial charge in [0, 0.05) is 22.4 Å². The van der Waals surface area contributed by atoms with E-state index >= 15 is 0 Å². The van der Waals surface area contributed by atoms with Gasteiger partial charge in [0.25, 0.3) is 0 Å². The van der Waals surface area contributed by atoms with Gasteiger partial charge < -0.3 is 0 Å². The molecular weight excluding hydrogens is 305 g/mol. The van der Waals surface area contributed by atoms with Crippen molar-refractivity contribution >= 4 is 0 Å². The van der Waals surface area contributed by atoms with Crippen molar-refractivity contribution in [3.8, 4) is 0 Å². The van der Waals surface area contributed by atoms with Gasteiger partial charge in [-0.15, -0.1) is 0 Å². The molecule has 1 rings (SSSR count). The summed E-state index contributed by atoms with van der Waals surface area (Å²) < 4.78 is 0. The summed E-state index contributed by atoms with van der Waals surface area (Å²) in [4.78, 5) is 0. The number of rotatable bonds is 1. The molecular formula is C9H12Au. The van der Waals surface area contributed by atoms with Crippen molar-refractivity contribution < 1.29 is 22.4 Å². The quantitative estimate of drug-likeness (QED) is 0.699. The molecule has 0 bridgehead atoms. The molecule has 0 aliphatic carbocycles. The zero-order chi connectivity index (χ0) is 6.69. The fraction of sp³-hybridized carbons (Fsp3) is 0.333. The Kier molecular flexibility index (Phi) is 4.71. The zero-order valence-electron chi connectivity index (χ0n) is 6.27. The van der Waals surface area contributed by atoms with Crippen LogP contribution >= 0.6 is 0 Å². The molecule has 0 unspecified atom stereocenters. The van der Waals surface area contributed by atoms with Crippen LogP contribution in [0.25, 0.3) is 0 Å². The van der Waals surface area contributed by atoms with Crippen LogP contribution in [0.5, 0.6) is 0 Å². The fourth-order valence-electron chi connectivity index (χ4n) is 0.838. The second-order valence-corrected chi connectivity index (χ2v) is 2.57. The molecule has 1 aromatic rings. The minimum atomic E-state index is 0. The van der Waals surface area contributed by atoms with E-state index in [0.29, 0.717) is 5.92 Å². The maximum atomic E-state index is 2.20. The van der Waals surface area contributed by atoms with Gasteiger partial charge in [-0.05, 0) is 11.5 Å². The van der Waals surface area contributed by atoms with E-state index in [9.17, 15) is 0 Å². The Morgan fingerprint density at radius 1 is 1.00 bits per heavy atom. The topological polar surface area (TPSA) is 0 Å². The van der Waals surface area contributed by atoms with E-state index in [1.165, 1.54) is 5.56 Å². The minimum Gasteiger partial charge on any atom is -0.0622 e. The van der Waals surface area contributed by atoms with Crippen LogP contribution in [0.3, 0.4) is 0 Å². The molecule has 0 aliphatic rings. The fourth-order valence-corrected chi connectivity index (χ4v) is 0.838. The van der Waals surface area contributed by atoms with Gasteiger partial charge in [0.2, 0.25) is 0 Å². The minimum absolute atomic E-state index is 0. The van der Waals surface area contributed by atoms with Crippen molar-refractivity contribution in [3.05, 3.63) is 35.9 Å². The van der Waals surface area contributed by atoms with Crippen molar-refractivity contribution in [1.82, 2.24) is 0 Å². The number of hydrogen-bond donors (Lipinski definition) is 0. The van der Waals surface area contributed by atoms with E-state index in [0.717, 1.165) is 0 Å². The summed E-state index contributed by atoms with van der Waals surface area (Å²) in [5.74, 6) is 0.659. The monoisotopic (exact) mass is 317 g/mol. The van der Waals surface area contributed by atoms with E-state index in [-0.39, 0.29) is 22.4 Å². The van der Waals surface area contributed by atoms with Crippen LogP contribution in [-0.4, -0.2) is 0 Å². The molecule has 1 aromatic carbocycles. The van der Waals surface area contributed by atoms with Crippen molar-refractivity contribution in [2.75, 3.05) is 0 Å². The van der Waals surface area contributed by atoms with Gasteiger partial charge in [-0.2, -0.15) is 0 Å². The largest absolute Gasteiger partial charge is 0.0622 e. The van der Waals surface area contributed by atoms with Crippen LogP contribution in [-0.2, 0) is 22.4 Å². The van der Waals surface area contributed by atoms with E-state index in [4.69, 9.17) is 0 Å². The van der Waals surface area contributed by atoms with Gasteiger partial charge >= 0.3 is 0 Å². The molecule has 0 spiro atoms. The molecule has 1 heteroatoms. The molecule has 10 heavy (non-hydrogen) atoms. The van der Waals surface area contributed by atoms with Crippen LogP contribution < -0.4 is 0 Å². The van der Waals surface area contributed by atoms with Crippen LogP contribution in [0, 0.1) is 0 Å². The Labute approximate surface area is 78.2 Å². The standard InChI is InChI=1S/C9H12.Au/c1-8(2)9-6-4-3-5-7-9;/h3-8H,1-2H3;. The zero-order valence-corrected chi connectivity index (χ0v) is 8.43. The predicted molar refractivity (Wildman–Crippen MR) is 40.5 cm³/mol. The molecule has 0 saturated heterocycles. The van der Waals surface area contributed by atoms with Crippen LogP contribution in [0.15, 0.2) is 30.3 Å². The third-order valence-corrected chi connectivity index (χ3v) is 1.47. The summed E-state index contributed by atoms with van der Waals surface area (Å²) in [7, 11) is 0. The number of hydrogen-bond acceptors (Lipinski definition) is 0. The van der Waals surface area contributed by atoms with Gasteiger partial charge in [-0.3, -0.25) is 0 Å². The van der Waals surface area contributed by atoms with Crippen LogP contribution in [0.2, 0.25) is 0 Å². The normalized spacial score (nSPS) is 9.10. The van der Waals surface area contributed by atoms with Gasteiger partial charge in [0.05, 0.1) is 0 Å². The Hall–Kier alpha value is -0.0397. The first kappa shape index (κ1) is 9.96. The summed E-state index contributed by atoms with van der Waals surface area (Å²) in [6.07, 6.45) is 0. The summed E-state index contributed by atoms with van der Waals surface area (Å²) in [6, 6.07) is 10.5. The molecule has 0 amide bonds. The SMILES string of the molecule is CC(C)c1ccccc1.[Au]. The smallest absolute Gasteiger partial charge is 0 e. The van der Waals surface area contributed by atoms with E-state index < -0.39 is 0 Å². The summed E-state index contributed by atoms with van der Waals surface area (Å²) in [5, 5.41) is 0. The summed E-state index contributed by atoms with van der Waals surface area (Å²) in [6.45, 7) is 4.41. The molecule has 0 atom stereocenters. The van der Waals surface area contributed by atoms with Gasteiger partial charge in [-0.1, -0.05) is 44.2 Å². The Bertz CT molecular complexity index is 167. The molecule has 0 fully saturated rings. The summed E-state index contributed by atoms with van der Waals surface area (Å²) in [5.41, 5.74) is 1.41. The van der Waals surface area contributed by atoms with Crippen molar-refractivity contribution in [3.63, 3.8) is 0 Å². The molecule has 0 nitrogen and oxygen atoms in total. The average Bonchev–Trinajstić information content (AvgIpc) is 1.90. The molecule has 0 heterocycles. The first-order chi connectivity index (χ1) is 4.30. The predicted octanol–water partition coefficient (Wildman–Crippen LogP) is 2.81. The van der Waals surface area contributed by atoms with Gasteiger partial charge in [-0.25, -0.2) is 0 Å². The average molecular weight is 317 g/mol. The molecule has 1 radical (unpaired) electrons. The Morgan fingerprint density at radius 2 is 1.50 bits per heavy atom. The maximum absolute atomic E-state index is 2.20. The van der Waals surface area contributed by atoms with Crippen molar-refractivity contribution in [2.45, 2.75) is 19.8 Å². The first-order valence-electron chi connectivity index (χ1n) is 3.35. The molecule has 0 aliphatic heterocycles. The molecule has 0 aromatic heterocycles. The van der Waals surface area contributed by atoms with Gasteiger partial charge in [0.1, 0.15) is 0 Å². The first-order valence-corrected chi connectivity index (χ1v) is 3.35. The second-order valence-electron chi connectivity index (χ2n) is 2.57. The maximum Gasteiger partial charge on any atom is 0 e. The van der Waals surface area contributed by atoms with Gasteiger partial charge in [0.15, 0.2) is 0 Å². The van der Waals surface area contributed by atoms with E-state index in [1.54, 1.807) is 0 Å². The van der Waals surface area contributed by atoms with E-state index in [1.807, 2.05) is 6.07 Å². The molecule has 0 saturated carbocycles. The van der Waals surface area contributed by atoms with Crippen molar-refractivity contribution in [1.29, 1.82) is 0 Å². The molecule has 59 valence electrons. The Morgan fingerprint density at radius 3 is 1.80 bits per heavy atom. The third-order valence-electron chi connectivity index (χ3n) is 1.47. The molecule has 0 N–H and O–H groups in total. The summed E-state index contributed by atoms with van der Waals surface area (Å²) >= 11 is 0. The van der Waals surface area contributed by atoms with E-state index in [2.05, 4.69) is 38.1 Å².